The number of Topliss-reactive ketones (excluding diaryl/α,β-unsaturated/α-hetero) is 1. The minimum absolute atomic E-state index is 0.0828. The Kier molecular flexibility index (Phi) is 7.78. The monoisotopic (exact) mass is 530 g/mol. The van der Waals surface area contributed by atoms with Crippen LogP contribution in [0.15, 0.2) is 77.8 Å². The minimum Gasteiger partial charge on any atom is -0.438 e. The van der Waals surface area contributed by atoms with Crippen LogP contribution in [0.1, 0.15) is 17.4 Å². The first-order valence-electron chi connectivity index (χ1n) is 12.8. The number of hydrogen-bond donors (Lipinski definition) is 0. The van der Waals surface area contributed by atoms with Gasteiger partial charge >= 0.3 is 5.97 Å². The molecule has 3 aliphatic rings. The number of nitrogens with zero attached hydrogens (tertiary/aromatic N) is 4. The lowest BCUT2D eigenvalue weighted by Crippen LogP contribution is -2.51. The smallest absolute Gasteiger partial charge is 0.360 e. The molecule has 3 heterocycles. The number of morpholine rings is 1. The molecule has 5 rings (SSSR count). The number of esters is 1. The van der Waals surface area contributed by atoms with Crippen LogP contribution in [0.25, 0.3) is 11.0 Å². The molecule has 0 amide bonds. The van der Waals surface area contributed by atoms with Gasteiger partial charge < -0.3 is 19.1 Å². The maximum atomic E-state index is 13.7. The summed E-state index contributed by atoms with van der Waals surface area (Å²) in [5, 5.41) is 0. The first-order valence-corrected chi connectivity index (χ1v) is 12.8. The summed E-state index contributed by atoms with van der Waals surface area (Å²) in [6.45, 7) is 6.20. The van der Waals surface area contributed by atoms with Crippen molar-refractivity contribution in [2.75, 3.05) is 53.1 Å². The Bertz CT molecular complexity index is 1420. The molecule has 39 heavy (non-hydrogen) atoms. The molecular formula is C29H30N4O6. The molecule has 1 aromatic carbocycles. The summed E-state index contributed by atoms with van der Waals surface area (Å²) in [4.78, 5) is 52.7. The Hall–Kier alpha value is -3.99. The van der Waals surface area contributed by atoms with Crippen molar-refractivity contribution in [1.82, 2.24) is 19.8 Å². The highest BCUT2D eigenvalue weighted by Gasteiger charge is 2.49. The Labute approximate surface area is 226 Å². The first-order chi connectivity index (χ1) is 18.9. The maximum Gasteiger partial charge on any atom is 0.360 e. The Morgan fingerprint density at radius 3 is 2.67 bits per heavy atom. The summed E-state index contributed by atoms with van der Waals surface area (Å²) in [6, 6.07) is 7.08. The van der Waals surface area contributed by atoms with Crippen LogP contribution < -0.4 is 0 Å². The van der Waals surface area contributed by atoms with Crippen LogP contribution in [-0.2, 0) is 23.8 Å². The molecule has 0 saturated carbocycles. The highest BCUT2D eigenvalue weighted by molar-refractivity contribution is 6.26. The number of ether oxygens (including phenoxy) is 3. The van der Waals surface area contributed by atoms with E-state index in [4.69, 9.17) is 14.2 Å². The normalized spacial score (nSPS) is 22.0. The van der Waals surface area contributed by atoms with Crippen molar-refractivity contribution < 1.29 is 28.6 Å². The number of rotatable bonds is 8. The molecule has 1 atom stereocenters. The number of hydrogen-bond acceptors (Lipinski definition) is 10. The second kappa shape index (κ2) is 11.4. The second-order valence-corrected chi connectivity index (χ2v) is 9.58. The van der Waals surface area contributed by atoms with Gasteiger partial charge in [0.25, 0.3) is 0 Å². The van der Waals surface area contributed by atoms with Crippen molar-refractivity contribution in [3.05, 3.63) is 83.5 Å². The maximum absolute atomic E-state index is 13.7. The SMILES string of the molecule is COC/C=C/C1=CC2=CC(=O)C(C)(OC(=O)c3cnc4ccccc4n3)C(=O)C2=CN1CCN1CCOCC1. The van der Waals surface area contributed by atoms with E-state index in [9.17, 15) is 14.4 Å². The van der Waals surface area contributed by atoms with Gasteiger partial charge in [0, 0.05) is 50.8 Å². The lowest BCUT2D eigenvalue weighted by molar-refractivity contribution is -0.145. The standard InChI is InChI=1S/C29H30N4O6/c1-29(39-28(36)25-18-30-23-7-3-4-8-24(23)31-25)26(34)17-20-16-21(6-5-13-37-2)33(19-22(20)27(29)35)10-9-32-11-14-38-15-12-32/h3-8,16-19H,9-15H2,1-2H3/b6-5+. The molecule has 1 aliphatic carbocycles. The van der Waals surface area contributed by atoms with E-state index in [1.54, 1.807) is 37.6 Å². The van der Waals surface area contributed by atoms with Crippen LogP contribution in [0.3, 0.4) is 0 Å². The summed E-state index contributed by atoms with van der Waals surface area (Å²) in [6.07, 6.45) is 9.94. The third-order valence-corrected chi connectivity index (χ3v) is 6.93. The van der Waals surface area contributed by atoms with Gasteiger partial charge in [-0.05, 0) is 42.9 Å². The highest BCUT2D eigenvalue weighted by Crippen LogP contribution is 2.35. The van der Waals surface area contributed by atoms with E-state index in [1.807, 2.05) is 23.1 Å². The van der Waals surface area contributed by atoms with Crippen LogP contribution in [0, 0.1) is 0 Å². The van der Waals surface area contributed by atoms with Crippen LogP contribution in [0.5, 0.6) is 0 Å². The van der Waals surface area contributed by atoms with Crippen molar-refractivity contribution in [3.63, 3.8) is 0 Å². The molecule has 1 aromatic heterocycles. The number of fused-ring (bicyclic) bond motifs is 2. The van der Waals surface area contributed by atoms with Crippen molar-refractivity contribution in [3.8, 4) is 0 Å². The summed E-state index contributed by atoms with van der Waals surface area (Å²) in [5.74, 6) is -2.09. The predicted molar refractivity (Wildman–Crippen MR) is 143 cm³/mol. The molecule has 10 nitrogen and oxygen atoms in total. The van der Waals surface area contributed by atoms with Crippen molar-refractivity contribution >= 4 is 28.6 Å². The quantitative estimate of drug-likeness (QED) is 0.372. The zero-order valence-electron chi connectivity index (χ0n) is 22.0. The summed E-state index contributed by atoms with van der Waals surface area (Å²) in [5.41, 5.74) is 0.620. The van der Waals surface area contributed by atoms with E-state index in [0.29, 0.717) is 48.5 Å². The lowest BCUT2D eigenvalue weighted by atomic mass is 9.79. The number of carbonyl (C=O) groups excluding carboxylic acids is 3. The molecule has 0 N–H and O–H groups in total. The number of methoxy groups -OCH3 is 1. The Morgan fingerprint density at radius 1 is 1.13 bits per heavy atom. The molecule has 10 heteroatoms. The van der Waals surface area contributed by atoms with E-state index in [1.165, 1.54) is 19.2 Å². The molecule has 0 bridgehead atoms. The number of aromatic nitrogens is 2. The Balaban J connectivity index is 1.41. The fourth-order valence-corrected chi connectivity index (χ4v) is 4.65. The average molecular weight is 531 g/mol. The summed E-state index contributed by atoms with van der Waals surface area (Å²) < 4.78 is 16.1. The van der Waals surface area contributed by atoms with Crippen molar-refractivity contribution in [1.29, 1.82) is 0 Å². The van der Waals surface area contributed by atoms with E-state index in [0.717, 1.165) is 25.3 Å². The van der Waals surface area contributed by atoms with Crippen LogP contribution >= 0.6 is 0 Å². The molecule has 1 saturated heterocycles. The molecule has 2 aromatic rings. The van der Waals surface area contributed by atoms with E-state index >= 15 is 0 Å². The van der Waals surface area contributed by atoms with Crippen LogP contribution in [-0.4, -0.2) is 96.0 Å². The largest absolute Gasteiger partial charge is 0.438 e. The molecule has 202 valence electrons. The van der Waals surface area contributed by atoms with Gasteiger partial charge in [-0.15, -0.1) is 0 Å². The number of carbonyl (C=O) groups is 3. The van der Waals surface area contributed by atoms with Crippen LogP contribution in [0.2, 0.25) is 0 Å². The Morgan fingerprint density at radius 2 is 1.90 bits per heavy atom. The van der Waals surface area contributed by atoms with E-state index in [2.05, 4.69) is 14.9 Å². The van der Waals surface area contributed by atoms with Crippen molar-refractivity contribution in [2.24, 2.45) is 0 Å². The van der Waals surface area contributed by atoms with Crippen molar-refractivity contribution in [2.45, 2.75) is 12.5 Å². The number of para-hydroxylation sites is 2. The third-order valence-electron chi connectivity index (χ3n) is 6.93. The molecule has 0 spiro atoms. The fourth-order valence-electron chi connectivity index (χ4n) is 4.65. The second-order valence-electron chi connectivity index (χ2n) is 9.58. The van der Waals surface area contributed by atoms with Gasteiger partial charge in [-0.2, -0.15) is 0 Å². The van der Waals surface area contributed by atoms with Gasteiger partial charge in [0.1, 0.15) is 0 Å². The number of benzene rings is 1. The average Bonchev–Trinajstić information content (AvgIpc) is 2.96. The van der Waals surface area contributed by atoms with Gasteiger partial charge in [0.05, 0.1) is 37.1 Å². The first kappa shape index (κ1) is 26.6. The zero-order chi connectivity index (χ0) is 27.4. The summed E-state index contributed by atoms with van der Waals surface area (Å²) in [7, 11) is 1.61. The van der Waals surface area contributed by atoms with Gasteiger partial charge in [0.15, 0.2) is 5.69 Å². The third kappa shape index (κ3) is 5.58. The zero-order valence-corrected chi connectivity index (χ0v) is 22.0. The van der Waals surface area contributed by atoms with E-state index in [-0.39, 0.29) is 5.69 Å². The topological polar surface area (TPSA) is 111 Å². The van der Waals surface area contributed by atoms with Gasteiger partial charge in [0.2, 0.25) is 17.2 Å². The van der Waals surface area contributed by atoms with Gasteiger partial charge in [-0.1, -0.05) is 18.2 Å². The fraction of sp³-hybridized carbons (Fsp3) is 0.345. The molecular weight excluding hydrogens is 500 g/mol. The lowest BCUT2D eigenvalue weighted by Gasteiger charge is -2.35. The molecule has 1 fully saturated rings. The summed E-state index contributed by atoms with van der Waals surface area (Å²) >= 11 is 0. The number of ketones is 2. The number of allylic oxidation sites excluding steroid dienone is 3. The van der Waals surface area contributed by atoms with Gasteiger partial charge in [-0.25, -0.2) is 9.78 Å². The van der Waals surface area contributed by atoms with Crippen LogP contribution in [0.4, 0.5) is 0 Å². The molecule has 0 radical (unpaired) electrons. The molecule has 2 aliphatic heterocycles. The predicted octanol–water partition coefficient (Wildman–Crippen LogP) is 2.24. The highest BCUT2D eigenvalue weighted by atomic mass is 16.6. The van der Waals surface area contributed by atoms with Gasteiger partial charge in [-0.3, -0.25) is 19.5 Å². The minimum atomic E-state index is -2.02. The van der Waals surface area contributed by atoms with E-state index < -0.39 is 23.1 Å². The molecule has 1 unspecified atom stereocenters.